The molecule has 0 amide bonds. The average molecular weight is 208 g/mol. The number of alkyl halides is 3. The summed E-state index contributed by atoms with van der Waals surface area (Å²) in [6, 6.07) is 0. The van der Waals surface area contributed by atoms with E-state index >= 15 is 0 Å². The van der Waals surface area contributed by atoms with Crippen LogP contribution in [-0.2, 0) is 0 Å². The van der Waals surface area contributed by atoms with E-state index in [1.807, 2.05) is 0 Å². The molecule has 0 saturated carbocycles. The van der Waals surface area contributed by atoms with Gasteiger partial charge in [-0.15, -0.1) is 0 Å². The summed E-state index contributed by atoms with van der Waals surface area (Å²) in [6.07, 6.45) is -4.22. The first-order chi connectivity index (χ1) is 2.56. The van der Waals surface area contributed by atoms with Crippen LogP contribution < -0.4 is 0 Å². The summed E-state index contributed by atoms with van der Waals surface area (Å²) >= 11 is 1.02. The number of halogens is 4. The van der Waals surface area contributed by atoms with Gasteiger partial charge in [0.1, 0.15) is 0 Å². The van der Waals surface area contributed by atoms with E-state index in [2.05, 4.69) is 0 Å². The largest absolute Gasteiger partial charge is 0.406 e. The van der Waals surface area contributed by atoms with Crippen molar-refractivity contribution in [2.24, 2.45) is 0 Å². The Bertz CT molecular complexity index is 38.5. The molecule has 0 aliphatic carbocycles. The van der Waals surface area contributed by atoms with Crippen molar-refractivity contribution in [1.82, 2.24) is 0 Å². The highest BCUT2D eigenvalue weighted by Gasteiger charge is 2.25. The summed E-state index contributed by atoms with van der Waals surface area (Å²) < 4.78 is 33.1. The van der Waals surface area contributed by atoms with E-state index in [0.717, 1.165) is 27.0 Å². The molecule has 0 spiro atoms. The van der Waals surface area contributed by atoms with Gasteiger partial charge in [-0.1, -0.05) is 22.6 Å². The van der Waals surface area contributed by atoms with E-state index in [-0.39, 0.29) is 0 Å². The van der Waals surface area contributed by atoms with Crippen molar-refractivity contribution in [3.05, 3.63) is 4.43 Å². The molecule has 0 atom stereocenters. The average Bonchev–Trinajstić information content (AvgIpc) is 1.35. The molecular weight excluding hydrogens is 208 g/mol. The van der Waals surface area contributed by atoms with Crippen molar-refractivity contribution in [2.45, 2.75) is 6.18 Å². The van der Waals surface area contributed by atoms with Gasteiger partial charge in [-0.3, -0.25) is 0 Å². The molecule has 0 aromatic carbocycles. The van der Waals surface area contributed by atoms with E-state index in [1.54, 1.807) is 0 Å². The van der Waals surface area contributed by atoms with Crippen LogP contribution in [0, 0.1) is 4.43 Å². The first kappa shape index (κ1) is 6.52. The molecule has 0 N–H and O–H groups in total. The fraction of sp³-hybridized carbons (Fsp3) is 0.500. The molecular formula is C2F3I. The van der Waals surface area contributed by atoms with Gasteiger partial charge in [-0.25, -0.2) is 0 Å². The Morgan fingerprint density at radius 2 is 1.50 bits per heavy atom. The van der Waals surface area contributed by atoms with Gasteiger partial charge in [-0.05, 0) is 0 Å². The highest BCUT2D eigenvalue weighted by atomic mass is 127. The molecule has 0 rings (SSSR count). The SMILES string of the molecule is FC(F)(F)[C]I. The lowest BCUT2D eigenvalue weighted by Gasteiger charge is -1.93. The van der Waals surface area contributed by atoms with Crippen LogP contribution in [0.5, 0.6) is 0 Å². The van der Waals surface area contributed by atoms with Crippen LogP contribution in [0.25, 0.3) is 0 Å². The topological polar surface area (TPSA) is 0 Å². The molecule has 0 saturated heterocycles. The summed E-state index contributed by atoms with van der Waals surface area (Å²) in [5.41, 5.74) is 0. The van der Waals surface area contributed by atoms with Crippen LogP contribution in [0.3, 0.4) is 0 Å². The Labute approximate surface area is 46.9 Å². The van der Waals surface area contributed by atoms with Crippen LogP contribution in [0.1, 0.15) is 0 Å². The number of hydrogen-bond acceptors (Lipinski definition) is 0. The first-order valence-corrected chi connectivity index (χ1v) is 2.08. The number of rotatable bonds is 0. The van der Waals surface area contributed by atoms with E-state index in [1.165, 1.54) is 0 Å². The number of hydrogen-bond donors (Lipinski definition) is 0. The highest BCUT2D eigenvalue weighted by Crippen LogP contribution is 2.21. The summed E-state index contributed by atoms with van der Waals surface area (Å²) in [5.74, 6) is 0. The van der Waals surface area contributed by atoms with Gasteiger partial charge in [0, 0.05) is 0 Å². The van der Waals surface area contributed by atoms with Crippen LogP contribution in [0.2, 0.25) is 0 Å². The fourth-order valence-electron chi connectivity index (χ4n) is 0. The Morgan fingerprint density at radius 1 is 1.33 bits per heavy atom. The van der Waals surface area contributed by atoms with Crippen molar-refractivity contribution in [2.75, 3.05) is 0 Å². The molecule has 0 heterocycles. The van der Waals surface area contributed by atoms with Gasteiger partial charge in [0.25, 0.3) is 0 Å². The second-order valence-corrected chi connectivity index (χ2v) is 1.13. The van der Waals surface area contributed by atoms with Crippen molar-refractivity contribution in [3.8, 4) is 0 Å². The minimum Gasteiger partial charge on any atom is -0.169 e. The quantitative estimate of drug-likeness (QED) is 0.534. The van der Waals surface area contributed by atoms with Crippen molar-refractivity contribution >= 4 is 22.6 Å². The smallest absolute Gasteiger partial charge is 0.169 e. The van der Waals surface area contributed by atoms with Gasteiger partial charge in [-0.2, -0.15) is 13.2 Å². The zero-order valence-electron chi connectivity index (χ0n) is 2.51. The molecule has 0 aromatic rings. The Kier molecular flexibility index (Phi) is 2.17. The minimum absolute atomic E-state index is 1.02. The molecule has 0 aliphatic heterocycles. The van der Waals surface area contributed by atoms with E-state index in [0.29, 0.717) is 0 Å². The van der Waals surface area contributed by atoms with Crippen molar-refractivity contribution in [3.63, 3.8) is 0 Å². The molecule has 2 radical (unpaired) electrons. The Hall–Kier alpha value is 0.520. The van der Waals surface area contributed by atoms with Crippen LogP contribution in [-0.4, -0.2) is 6.18 Å². The van der Waals surface area contributed by atoms with Crippen LogP contribution in [0.4, 0.5) is 13.2 Å². The lowest BCUT2D eigenvalue weighted by Crippen LogP contribution is -2.01. The Morgan fingerprint density at radius 3 is 1.50 bits per heavy atom. The molecule has 0 fully saturated rings. The molecule has 0 bridgehead atoms. The van der Waals surface area contributed by atoms with Crippen LogP contribution >= 0.6 is 22.6 Å². The van der Waals surface area contributed by atoms with E-state index in [9.17, 15) is 13.2 Å². The summed E-state index contributed by atoms with van der Waals surface area (Å²) in [6.45, 7) is 0. The van der Waals surface area contributed by atoms with E-state index < -0.39 is 6.18 Å². The first-order valence-electron chi connectivity index (χ1n) is 1.01. The third-order valence-corrected chi connectivity index (χ3v) is 0.719. The summed E-state index contributed by atoms with van der Waals surface area (Å²) in [7, 11) is 0. The summed E-state index contributed by atoms with van der Waals surface area (Å²) in [4.78, 5) is 0. The standard InChI is InChI=1S/C2F3I/c3-2(4,5)1-6. The molecule has 0 aliphatic rings. The third kappa shape index (κ3) is 4.52. The van der Waals surface area contributed by atoms with E-state index in [4.69, 9.17) is 0 Å². The highest BCUT2D eigenvalue weighted by molar-refractivity contribution is 14.1. The monoisotopic (exact) mass is 208 g/mol. The maximum Gasteiger partial charge on any atom is 0.406 e. The van der Waals surface area contributed by atoms with Gasteiger partial charge in [0.2, 0.25) is 0 Å². The zero-order chi connectivity index (χ0) is 5.21. The fourth-order valence-corrected chi connectivity index (χ4v) is 0. The van der Waals surface area contributed by atoms with Crippen molar-refractivity contribution in [1.29, 1.82) is 0 Å². The maximum atomic E-state index is 10.7. The second-order valence-electron chi connectivity index (χ2n) is 0.592. The van der Waals surface area contributed by atoms with Gasteiger partial charge in [0.05, 0.1) is 0 Å². The molecule has 0 aromatic heterocycles. The molecule has 36 valence electrons. The maximum absolute atomic E-state index is 10.7. The predicted molar refractivity (Wildman–Crippen MR) is 23.3 cm³/mol. The molecule has 4 heteroatoms. The molecule has 6 heavy (non-hydrogen) atoms. The van der Waals surface area contributed by atoms with Crippen LogP contribution in [0.15, 0.2) is 0 Å². The van der Waals surface area contributed by atoms with Gasteiger partial charge < -0.3 is 0 Å². The Balaban J connectivity index is 3.17. The lowest BCUT2D eigenvalue weighted by atomic mass is 10.8. The lowest BCUT2D eigenvalue weighted by molar-refractivity contribution is -0.0850. The van der Waals surface area contributed by atoms with Gasteiger partial charge >= 0.3 is 6.18 Å². The third-order valence-electron chi connectivity index (χ3n) is 0.107. The molecule has 0 nitrogen and oxygen atoms in total. The van der Waals surface area contributed by atoms with Gasteiger partial charge in [0.15, 0.2) is 4.43 Å². The normalized spacial score (nSPS) is 12.0. The molecule has 0 unspecified atom stereocenters. The predicted octanol–water partition coefficient (Wildman–Crippen LogP) is 2.02. The minimum atomic E-state index is -4.22. The second kappa shape index (κ2) is 1.99. The summed E-state index contributed by atoms with van der Waals surface area (Å²) in [5, 5.41) is 0. The van der Waals surface area contributed by atoms with Crippen molar-refractivity contribution < 1.29 is 13.2 Å². The zero-order valence-corrected chi connectivity index (χ0v) is 4.67.